The number of hydrogen-bond acceptors (Lipinski definition) is 4. The number of imidazole rings is 1. The maximum Gasteiger partial charge on any atom is 0.340 e. The van der Waals surface area contributed by atoms with Gasteiger partial charge in [0.05, 0.1) is 11.4 Å². The van der Waals surface area contributed by atoms with E-state index in [1.807, 2.05) is 36.4 Å². The second-order valence-corrected chi connectivity index (χ2v) is 5.51. The van der Waals surface area contributed by atoms with Crippen LogP contribution in [0.25, 0.3) is 11.2 Å². The zero-order valence-electron chi connectivity index (χ0n) is 13.4. The number of nitrogens with one attached hydrogen (secondary N) is 2. The van der Waals surface area contributed by atoms with Crippen LogP contribution in [0.3, 0.4) is 0 Å². The number of aromatic nitrogens is 4. The maximum atomic E-state index is 13.3. The van der Waals surface area contributed by atoms with Gasteiger partial charge in [-0.1, -0.05) is 36.4 Å². The fourth-order valence-electron chi connectivity index (χ4n) is 2.71. The molecule has 8 heteroatoms. The van der Waals surface area contributed by atoms with E-state index in [0.717, 1.165) is 4.57 Å². The summed E-state index contributed by atoms with van der Waals surface area (Å²) in [6.07, 6.45) is 1.22. The highest BCUT2D eigenvalue weighted by atomic mass is 16.2. The monoisotopic (exact) mass is 347 g/mol. The molecular weight excluding hydrogens is 334 g/mol. The number of benzene rings is 2. The van der Waals surface area contributed by atoms with Crippen LogP contribution >= 0.6 is 0 Å². The second-order valence-electron chi connectivity index (χ2n) is 5.51. The number of carbonyl (C=O) groups is 1. The van der Waals surface area contributed by atoms with E-state index in [9.17, 15) is 14.4 Å². The van der Waals surface area contributed by atoms with Crippen molar-refractivity contribution in [2.24, 2.45) is 0 Å². The molecule has 0 aliphatic carbocycles. The average molecular weight is 347 g/mol. The topological polar surface area (TPSA) is 104 Å². The minimum atomic E-state index is -0.706. The van der Waals surface area contributed by atoms with Crippen molar-refractivity contribution in [1.29, 1.82) is 0 Å². The van der Waals surface area contributed by atoms with Gasteiger partial charge in [0.25, 0.3) is 5.56 Å². The molecule has 0 aliphatic rings. The Morgan fingerprint density at radius 3 is 2.04 bits per heavy atom. The Balaban J connectivity index is 1.91. The average Bonchev–Trinajstić information content (AvgIpc) is 3.08. The molecule has 4 rings (SSSR count). The van der Waals surface area contributed by atoms with Gasteiger partial charge in [-0.25, -0.2) is 19.1 Å². The van der Waals surface area contributed by atoms with Crippen molar-refractivity contribution in [3.05, 3.63) is 87.8 Å². The zero-order valence-corrected chi connectivity index (χ0v) is 13.4. The summed E-state index contributed by atoms with van der Waals surface area (Å²) < 4.78 is 1.14. The summed E-state index contributed by atoms with van der Waals surface area (Å²) in [6, 6.07) is 17.6. The van der Waals surface area contributed by atoms with Gasteiger partial charge in [-0.2, -0.15) is 0 Å². The van der Waals surface area contributed by atoms with Crippen LogP contribution in [-0.2, 0) is 0 Å². The molecule has 26 heavy (non-hydrogen) atoms. The van der Waals surface area contributed by atoms with Crippen LogP contribution in [0.1, 0.15) is 0 Å². The molecule has 0 spiro atoms. The fourth-order valence-corrected chi connectivity index (χ4v) is 2.71. The maximum absolute atomic E-state index is 13.3. The van der Waals surface area contributed by atoms with Crippen LogP contribution in [0.15, 0.2) is 76.6 Å². The third-order valence-electron chi connectivity index (χ3n) is 3.87. The lowest BCUT2D eigenvalue weighted by atomic mass is 10.2. The van der Waals surface area contributed by atoms with Crippen molar-refractivity contribution >= 4 is 28.6 Å². The van der Waals surface area contributed by atoms with Crippen LogP contribution in [0.2, 0.25) is 0 Å². The van der Waals surface area contributed by atoms with Gasteiger partial charge in [0.15, 0.2) is 11.2 Å². The third kappa shape index (κ3) is 2.59. The van der Waals surface area contributed by atoms with E-state index in [1.54, 1.807) is 24.3 Å². The number of para-hydroxylation sites is 2. The van der Waals surface area contributed by atoms with Gasteiger partial charge in [0.1, 0.15) is 6.33 Å². The molecular formula is C18H13N5O3. The predicted octanol–water partition coefficient (Wildman–Crippen LogP) is 2.22. The number of amides is 1. The summed E-state index contributed by atoms with van der Waals surface area (Å²) in [5.41, 5.74) is -0.0561. The Hall–Kier alpha value is -3.94. The molecule has 0 aliphatic heterocycles. The van der Waals surface area contributed by atoms with Gasteiger partial charge < -0.3 is 0 Å². The lowest BCUT2D eigenvalue weighted by molar-refractivity contribution is 0.250. The van der Waals surface area contributed by atoms with E-state index in [0.29, 0.717) is 11.4 Å². The van der Waals surface area contributed by atoms with Crippen LogP contribution < -0.4 is 16.1 Å². The smallest absolute Gasteiger partial charge is 0.291 e. The zero-order chi connectivity index (χ0) is 18.1. The van der Waals surface area contributed by atoms with Crippen LogP contribution in [0, 0.1) is 0 Å². The molecule has 1 amide bonds. The number of hydrogen-bond donors (Lipinski definition) is 2. The number of anilines is 2. The molecule has 0 bridgehead atoms. The van der Waals surface area contributed by atoms with E-state index in [4.69, 9.17) is 0 Å². The van der Waals surface area contributed by atoms with Crippen molar-refractivity contribution < 1.29 is 4.79 Å². The van der Waals surface area contributed by atoms with Crippen molar-refractivity contribution in [1.82, 2.24) is 19.5 Å². The molecule has 0 radical (unpaired) electrons. The highest BCUT2D eigenvalue weighted by Crippen LogP contribution is 2.26. The summed E-state index contributed by atoms with van der Waals surface area (Å²) in [6.45, 7) is 0. The number of rotatable bonds is 2. The molecule has 128 valence electrons. The number of aromatic amines is 2. The Kier molecular flexibility index (Phi) is 3.70. The molecule has 0 saturated carbocycles. The minimum absolute atomic E-state index is 0.0148. The molecule has 0 saturated heterocycles. The molecule has 0 unspecified atom stereocenters. The standard InChI is InChI=1S/C18H13N5O3/c24-16-14-15(20-17(25)21-16)22(11-19-14)18(26)23(12-7-3-1-4-8-12)13-9-5-2-6-10-13/h1-11H,(H2,20,21,24,25). The first-order valence-electron chi connectivity index (χ1n) is 7.79. The Labute approximate surface area is 146 Å². The van der Waals surface area contributed by atoms with Gasteiger partial charge in [-0.05, 0) is 24.3 Å². The Bertz CT molecular complexity index is 1150. The first-order valence-corrected chi connectivity index (χ1v) is 7.79. The lowest BCUT2D eigenvalue weighted by Crippen LogP contribution is -2.31. The largest absolute Gasteiger partial charge is 0.340 e. The van der Waals surface area contributed by atoms with Gasteiger partial charge in [0.2, 0.25) is 0 Å². The molecule has 4 aromatic rings. The minimum Gasteiger partial charge on any atom is -0.291 e. The predicted molar refractivity (Wildman–Crippen MR) is 96.8 cm³/mol. The lowest BCUT2D eigenvalue weighted by Gasteiger charge is -2.23. The summed E-state index contributed by atoms with van der Waals surface area (Å²) in [5, 5.41) is 0. The highest BCUT2D eigenvalue weighted by Gasteiger charge is 2.22. The van der Waals surface area contributed by atoms with E-state index in [1.165, 1.54) is 11.2 Å². The molecule has 2 aromatic carbocycles. The van der Waals surface area contributed by atoms with Crippen LogP contribution in [-0.4, -0.2) is 25.6 Å². The number of fused-ring (bicyclic) bond motifs is 1. The number of H-pyrrole nitrogens is 2. The van der Waals surface area contributed by atoms with Crippen LogP contribution in [0.5, 0.6) is 0 Å². The molecule has 0 atom stereocenters. The summed E-state index contributed by atoms with van der Waals surface area (Å²) in [7, 11) is 0. The first kappa shape index (κ1) is 15.6. The number of carbonyl (C=O) groups excluding carboxylic acids is 1. The molecule has 2 aromatic heterocycles. The van der Waals surface area contributed by atoms with E-state index < -0.39 is 17.3 Å². The van der Waals surface area contributed by atoms with E-state index in [-0.39, 0.29) is 11.2 Å². The SMILES string of the molecule is O=C(N(c1ccccc1)c1ccccc1)n1cnc2c(=O)[nH]c(=O)[nH]c21. The third-order valence-corrected chi connectivity index (χ3v) is 3.87. The first-order chi connectivity index (χ1) is 12.6. The summed E-state index contributed by atoms with van der Waals surface area (Å²) >= 11 is 0. The Morgan fingerprint density at radius 2 is 1.46 bits per heavy atom. The molecule has 2 N–H and O–H groups in total. The molecule has 8 nitrogen and oxygen atoms in total. The van der Waals surface area contributed by atoms with Crippen molar-refractivity contribution in [3.63, 3.8) is 0 Å². The van der Waals surface area contributed by atoms with Crippen LogP contribution in [0.4, 0.5) is 16.2 Å². The van der Waals surface area contributed by atoms with Gasteiger partial charge in [0, 0.05) is 0 Å². The van der Waals surface area contributed by atoms with Crippen molar-refractivity contribution in [2.45, 2.75) is 0 Å². The number of nitrogens with zero attached hydrogens (tertiary/aromatic N) is 3. The summed E-state index contributed by atoms with van der Waals surface area (Å²) in [5.74, 6) is 0. The van der Waals surface area contributed by atoms with E-state index >= 15 is 0 Å². The van der Waals surface area contributed by atoms with Gasteiger partial charge in [-0.3, -0.25) is 19.7 Å². The summed E-state index contributed by atoms with van der Waals surface area (Å²) in [4.78, 5) is 46.7. The van der Waals surface area contributed by atoms with Gasteiger partial charge in [-0.15, -0.1) is 0 Å². The van der Waals surface area contributed by atoms with Crippen molar-refractivity contribution in [3.8, 4) is 0 Å². The fraction of sp³-hybridized carbons (Fsp3) is 0. The second kappa shape index (κ2) is 6.17. The molecule has 0 fully saturated rings. The van der Waals surface area contributed by atoms with Crippen molar-refractivity contribution in [2.75, 3.05) is 4.90 Å². The Morgan fingerprint density at radius 1 is 0.885 bits per heavy atom. The normalized spacial score (nSPS) is 10.8. The van der Waals surface area contributed by atoms with Gasteiger partial charge >= 0.3 is 11.7 Å². The van der Waals surface area contributed by atoms with E-state index in [2.05, 4.69) is 15.0 Å². The molecule has 2 heterocycles. The quantitative estimate of drug-likeness (QED) is 0.580. The highest BCUT2D eigenvalue weighted by molar-refractivity contribution is 6.03.